The van der Waals surface area contributed by atoms with Crippen molar-refractivity contribution in [2.45, 2.75) is 45.4 Å². The number of ether oxygens (including phenoxy) is 1. The molecule has 1 heterocycles. The van der Waals surface area contributed by atoms with Gasteiger partial charge in [-0.15, -0.1) is 0 Å². The van der Waals surface area contributed by atoms with Crippen LogP contribution in [0.3, 0.4) is 0 Å². The van der Waals surface area contributed by atoms with Crippen molar-refractivity contribution in [1.29, 1.82) is 0 Å². The SMILES string of the molecule is CCC(=O)Nc1ccc(C(=O)COC(=O)CCN2C(=O)[C@@H]3CCCC[C@H]3C2=O)cc1. The van der Waals surface area contributed by atoms with Gasteiger partial charge in [-0.25, -0.2) is 0 Å². The predicted molar refractivity (Wildman–Crippen MR) is 107 cm³/mol. The summed E-state index contributed by atoms with van der Waals surface area (Å²) in [5.41, 5.74) is 0.933. The van der Waals surface area contributed by atoms with Crippen LogP contribution in [0.25, 0.3) is 0 Å². The molecule has 1 aliphatic carbocycles. The molecule has 3 amide bonds. The Morgan fingerprint density at radius 2 is 1.63 bits per heavy atom. The molecule has 0 aromatic heterocycles. The molecule has 1 aliphatic heterocycles. The van der Waals surface area contributed by atoms with Crippen molar-refractivity contribution in [3.05, 3.63) is 29.8 Å². The normalized spacial score (nSPS) is 20.6. The zero-order valence-corrected chi connectivity index (χ0v) is 17.0. The van der Waals surface area contributed by atoms with E-state index in [4.69, 9.17) is 4.74 Å². The second kappa shape index (κ2) is 9.65. The van der Waals surface area contributed by atoms with Crippen LogP contribution in [-0.4, -0.2) is 47.5 Å². The number of hydrogen-bond donors (Lipinski definition) is 1. The number of benzene rings is 1. The van der Waals surface area contributed by atoms with Crippen LogP contribution in [0.1, 0.15) is 55.8 Å². The van der Waals surface area contributed by atoms with Crippen molar-refractivity contribution in [1.82, 2.24) is 4.90 Å². The van der Waals surface area contributed by atoms with Gasteiger partial charge in [-0.2, -0.15) is 0 Å². The van der Waals surface area contributed by atoms with Crippen molar-refractivity contribution in [2.24, 2.45) is 11.8 Å². The average molecular weight is 414 g/mol. The van der Waals surface area contributed by atoms with Gasteiger partial charge in [0.05, 0.1) is 18.3 Å². The van der Waals surface area contributed by atoms with E-state index in [-0.39, 0.29) is 48.3 Å². The Kier molecular flexibility index (Phi) is 6.97. The largest absolute Gasteiger partial charge is 0.457 e. The van der Waals surface area contributed by atoms with Crippen molar-refractivity contribution in [3.63, 3.8) is 0 Å². The maximum absolute atomic E-state index is 12.4. The molecule has 3 rings (SSSR count). The number of nitrogens with zero attached hydrogens (tertiary/aromatic N) is 1. The van der Waals surface area contributed by atoms with Gasteiger partial charge in [0.1, 0.15) is 0 Å². The highest BCUT2D eigenvalue weighted by Gasteiger charge is 2.47. The Hall–Kier alpha value is -3.03. The molecule has 30 heavy (non-hydrogen) atoms. The molecule has 0 radical (unpaired) electrons. The van der Waals surface area contributed by atoms with Crippen molar-refractivity contribution >= 4 is 35.2 Å². The third-order valence-corrected chi connectivity index (χ3v) is 5.65. The van der Waals surface area contributed by atoms with Gasteiger partial charge in [0.15, 0.2) is 12.4 Å². The van der Waals surface area contributed by atoms with E-state index in [0.717, 1.165) is 25.7 Å². The molecule has 2 aliphatic rings. The van der Waals surface area contributed by atoms with Gasteiger partial charge in [0.25, 0.3) is 0 Å². The van der Waals surface area contributed by atoms with Gasteiger partial charge in [0.2, 0.25) is 17.7 Å². The molecule has 8 nitrogen and oxygen atoms in total. The van der Waals surface area contributed by atoms with Gasteiger partial charge in [-0.3, -0.25) is 28.9 Å². The number of amides is 3. The summed E-state index contributed by atoms with van der Waals surface area (Å²) in [6, 6.07) is 6.30. The number of carbonyl (C=O) groups excluding carboxylic acids is 5. The molecule has 1 saturated heterocycles. The second-order valence-electron chi connectivity index (χ2n) is 7.64. The zero-order chi connectivity index (χ0) is 21.7. The summed E-state index contributed by atoms with van der Waals surface area (Å²) in [7, 11) is 0. The van der Waals surface area contributed by atoms with Crippen LogP contribution in [0.4, 0.5) is 5.69 Å². The molecule has 1 N–H and O–H groups in total. The second-order valence-corrected chi connectivity index (χ2v) is 7.64. The Labute approximate surface area is 174 Å². The van der Waals surface area contributed by atoms with Crippen LogP contribution in [0.5, 0.6) is 0 Å². The number of fused-ring (bicyclic) bond motifs is 1. The van der Waals surface area contributed by atoms with E-state index < -0.39 is 12.6 Å². The van der Waals surface area contributed by atoms with Gasteiger partial charge >= 0.3 is 5.97 Å². The van der Waals surface area contributed by atoms with Gasteiger partial charge in [-0.05, 0) is 37.1 Å². The molecule has 0 spiro atoms. The molecular formula is C22H26N2O6. The fraction of sp³-hybridized carbons (Fsp3) is 0.500. The van der Waals surface area contributed by atoms with Crippen LogP contribution in [-0.2, 0) is 23.9 Å². The minimum absolute atomic E-state index is 0.0104. The van der Waals surface area contributed by atoms with Crippen LogP contribution in [0.15, 0.2) is 24.3 Å². The highest BCUT2D eigenvalue weighted by atomic mass is 16.5. The van der Waals surface area contributed by atoms with Crippen LogP contribution >= 0.6 is 0 Å². The lowest BCUT2D eigenvalue weighted by Crippen LogP contribution is -2.33. The number of ketones is 1. The number of esters is 1. The minimum Gasteiger partial charge on any atom is -0.457 e. The summed E-state index contributed by atoms with van der Waals surface area (Å²) in [4.78, 5) is 61.5. The summed E-state index contributed by atoms with van der Waals surface area (Å²) in [6.07, 6.45) is 3.57. The van der Waals surface area contributed by atoms with E-state index in [1.807, 2.05) is 0 Å². The smallest absolute Gasteiger partial charge is 0.308 e. The fourth-order valence-electron chi connectivity index (χ4n) is 3.94. The third-order valence-electron chi connectivity index (χ3n) is 5.65. The predicted octanol–water partition coefficient (Wildman–Crippen LogP) is 2.33. The van der Waals surface area contributed by atoms with Crippen molar-refractivity contribution < 1.29 is 28.7 Å². The molecule has 2 atom stereocenters. The number of nitrogens with one attached hydrogen (secondary N) is 1. The lowest BCUT2D eigenvalue weighted by Gasteiger charge is -2.19. The zero-order valence-electron chi connectivity index (χ0n) is 17.0. The minimum atomic E-state index is -0.634. The molecule has 0 unspecified atom stereocenters. The number of anilines is 1. The fourth-order valence-corrected chi connectivity index (χ4v) is 3.94. The Morgan fingerprint density at radius 1 is 1.03 bits per heavy atom. The number of carbonyl (C=O) groups is 5. The summed E-state index contributed by atoms with van der Waals surface area (Å²) >= 11 is 0. The maximum Gasteiger partial charge on any atom is 0.308 e. The lowest BCUT2D eigenvalue weighted by atomic mass is 9.81. The Bertz CT molecular complexity index is 824. The van der Waals surface area contributed by atoms with E-state index in [0.29, 0.717) is 17.7 Å². The molecule has 0 bridgehead atoms. The number of likely N-dealkylation sites (tertiary alicyclic amines) is 1. The van der Waals surface area contributed by atoms with Crippen LogP contribution < -0.4 is 5.32 Å². The highest BCUT2D eigenvalue weighted by molar-refractivity contribution is 6.05. The molecule has 8 heteroatoms. The van der Waals surface area contributed by atoms with E-state index in [1.54, 1.807) is 31.2 Å². The van der Waals surface area contributed by atoms with Gasteiger partial charge in [-0.1, -0.05) is 19.8 Å². The number of hydrogen-bond acceptors (Lipinski definition) is 6. The standard InChI is InChI=1S/C22H26N2O6/c1-2-19(26)23-15-9-7-14(8-10-15)18(25)13-30-20(27)11-12-24-21(28)16-5-3-4-6-17(16)22(24)29/h7-10,16-17H,2-6,11-13H2,1H3,(H,23,26)/t16-,17-/m1/s1. The summed E-state index contributed by atoms with van der Waals surface area (Å²) in [5, 5.41) is 2.68. The van der Waals surface area contributed by atoms with Crippen LogP contribution in [0, 0.1) is 11.8 Å². The van der Waals surface area contributed by atoms with Gasteiger partial charge < -0.3 is 10.1 Å². The van der Waals surface area contributed by atoms with Crippen molar-refractivity contribution in [3.8, 4) is 0 Å². The van der Waals surface area contributed by atoms with E-state index >= 15 is 0 Å². The van der Waals surface area contributed by atoms with E-state index in [2.05, 4.69) is 5.32 Å². The number of imide groups is 1. The Morgan fingerprint density at radius 3 is 2.20 bits per heavy atom. The first-order chi connectivity index (χ1) is 14.4. The van der Waals surface area contributed by atoms with Crippen molar-refractivity contribution in [2.75, 3.05) is 18.5 Å². The lowest BCUT2D eigenvalue weighted by molar-refractivity contribution is -0.145. The average Bonchev–Trinajstić information content (AvgIpc) is 3.01. The summed E-state index contributed by atoms with van der Waals surface area (Å²) in [5.74, 6) is -2.01. The van der Waals surface area contributed by atoms with Gasteiger partial charge in [0, 0.05) is 24.2 Å². The van der Waals surface area contributed by atoms with E-state index in [1.165, 1.54) is 4.90 Å². The molecule has 1 aromatic carbocycles. The summed E-state index contributed by atoms with van der Waals surface area (Å²) < 4.78 is 5.01. The number of Topliss-reactive ketones (excluding diaryl/α,β-unsaturated/α-hetero) is 1. The molecule has 1 aromatic rings. The Balaban J connectivity index is 1.44. The monoisotopic (exact) mass is 414 g/mol. The first-order valence-electron chi connectivity index (χ1n) is 10.3. The molecule has 1 saturated carbocycles. The van der Waals surface area contributed by atoms with E-state index in [9.17, 15) is 24.0 Å². The third kappa shape index (κ3) is 4.93. The highest BCUT2D eigenvalue weighted by Crippen LogP contribution is 2.37. The molecular weight excluding hydrogens is 388 g/mol. The topological polar surface area (TPSA) is 110 Å². The molecule has 160 valence electrons. The molecule has 2 fully saturated rings. The quantitative estimate of drug-likeness (QED) is 0.397. The first kappa shape index (κ1) is 21.7. The number of rotatable bonds is 8. The first-order valence-corrected chi connectivity index (χ1v) is 10.3. The maximum atomic E-state index is 12.4. The van der Waals surface area contributed by atoms with Crippen LogP contribution in [0.2, 0.25) is 0 Å². The summed E-state index contributed by atoms with van der Waals surface area (Å²) in [6.45, 7) is 1.31.